The molecule has 0 aromatic heterocycles. The average molecular weight is 212 g/mol. The van der Waals surface area contributed by atoms with E-state index in [-0.39, 0.29) is 0 Å². The van der Waals surface area contributed by atoms with Gasteiger partial charge in [0.1, 0.15) is 0 Å². The second kappa shape index (κ2) is 4.84. The summed E-state index contributed by atoms with van der Waals surface area (Å²) < 4.78 is 0. The van der Waals surface area contributed by atoms with Gasteiger partial charge in [-0.2, -0.15) is 0 Å². The number of nitrogens with one attached hydrogen (secondary N) is 1. The van der Waals surface area contributed by atoms with Crippen molar-refractivity contribution in [1.82, 2.24) is 5.32 Å². The van der Waals surface area contributed by atoms with Gasteiger partial charge in [-0.25, -0.2) is 0 Å². The van der Waals surface area contributed by atoms with Crippen molar-refractivity contribution in [1.29, 1.82) is 0 Å². The standard InChI is InChI=1S/C13H28N2/c1-12(2)11(13(12,3)4)10-15-9-7-5-6-8-14/h11,15H,5-10,14H2,1-4H3. The van der Waals surface area contributed by atoms with Gasteiger partial charge in [0.15, 0.2) is 0 Å². The van der Waals surface area contributed by atoms with E-state index >= 15 is 0 Å². The van der Waals surface area contributed by atoms with Crippen LogP contribution in [-0.4, -0.2) is 19.6 Å². The largest absolute Gasteiger partial charge is 0.330 e. The van der Waals surface area contributed by atoms with E-state index in [1.165, 1.54) is 25.8 Å². The number of nitrogens with two attached hydrogens (primary N) is 1. The Morgan fingerprint density at radius 2 is 1.60 bits per heavy atom. The minimum absolute atomic E-state index is 0.525. The third-order valence-corrected chi connectivity index (χ3v) is 4.73. The maximum absolute atomic E-state index is 5.45. The van der Waals surface area contributed by atoms with E-state index in [1.807, 2.05) is 0 Å². The molecule has 0 bridgehead atoms. The summed E-state index contributed by atoms with van der Waals surface area (Å²) in [6.07, 6.45) is 3.70. The van der Waals surface area contributed by atoms with E-state index < -0.39 is 0 Å². The fourth-order valence-corrected chi connectivity index (χ4v) is 2.66. The molecule has 15 heavy (non-hydrogen) atoms. The average Bonchev–Trinajstić information content (AvgIpc) is 2.52. The van der Waals surface area contributed by atoms with Crippen molar-refractivity contribution >= 4 is 0 Å². The quantitative estimate of drug-likeness (QED) is 0.636. The fraction of sp³-hybridized carbons (Fsp3) is 1.00. The monoisotopic (exact) mass is 212 g/mol. The fourth-order valence-electron chi connectivity index (χ4n) is 2.66. The summed E-state index contributed by atoms with van der Waals surface area (Å²) >= 11 is 0. The summed E-state index contributed by atoms with van der Waals surface area (Å²) in [6, 6.07) is 0. The highest BCUT2D eigenvalue weighted by atomic mass is 14.9. The Morgan fingerprint density at radius 1 is 1.00 bits per heavy atom. The highest BCUT2D eigenvalue weighted by Crippen LogP contribution is 2.67. The Labute approximate surface area is 95.0 Å². The number of rotatable bonds is 7. The molecule has 0 spiro atoms. The van der Waals surface area contributed by atoms with Gasteiger partial charge in [0.2, 0.25) is 0 Å². The lowest BCUT2D eigenvalue weighted by Gasteiger charge is -2.05. The molecular formula is C13H28N2. The Bertz CT molecular complexity index is 183. The molecule has 1 aliphatic rings. The predicted molar refractivity (Wildman–Crippen MR) is 66.8 cm³/mol. The second-order valence-corrected chi connectivity index (χ2v) is 6.05. The van der Waals surface area contributed by atoms with Gasteiger partial charge in [-0.05, 0) is 49.2 Å². The van der Waals surface area contributed by atoms with Gasteiger partial charge in [-0.15, -0.1) is 0 Å². The first kappa shape index (κ1) is 13.0. The third-order valence-electron chi connectivity index (χ3n) is 4.73. The van der Waals surface area contributed by atoms with Gasteiger partial charge in [0.25, 0.3) is 0 Å². The molecular weight excluding hydrogens is 184 g/mol. The zero-order valence-corrected chi connectivity index (χ0v) is 10.9. The van der Waals surface area contributed by atoms with Crippen LogP contribution >= 0.6 is 0 Å². The molecule has 1 fully saturated rings. The van der Waals surface area contributed by atoms with Crippen molar-refractivity contribution in [2.24, 2.45) is 22.5 Å². The van der Waals surface area contributed by atoms with Gasteiger partial charge in [0, 0.05) is 0 Å². The number of hydrogen-bond donors (Lipinski definition) is 2. The van der Waals surface area contributed by atoms with Crippen LogP contribution in [0.1, 0.15) is 47.0 Å². The van der Waals surface area contributed by atoms with Gasteiger partial charge >= 0.3 is 0 Å². The molecule has 0 unspecified atom stereocenters. The van der Waals surface area contributed by atoms with Crippen LogP contribution in [-0.2, 0) is 0 Å². The zero-order chi connectivity index (χ0) is 11.5. The topological polar surface area (TPSA) is 38.0 Å². The van der Waals surface area contributed by atoms with Crippen LogP contribution in [0.5, 0.6) is 0 Å². The molecule has 1 saturated carbocycles. The van der Waals surface area contributed by atoms with E-state index in [4.69, 9.17) is 5.73 Å². The van der Waals surface area contributed by atoms with Crippen molar-refractivity contribution < 1.29 is 0 Å². The smallest absolute Gasteiger partial charge is 0.000989 e. The molecule has 0 heterocycles. The van der Waals surface area contributed by atoms with E-state index in [9.17, 15) is 0 Å². The summed E-state index contributed by atoms with van der Waals surface area (Å²) in [5, 5.41) is 3.58. The van der Waals surface area contributed by atoms with Crippen LogP contribution in [0.2, 0.25) is 0 Å². The third kappa shape index (κ3) is 2.73. The minimum Gasteiger partial charge on any atom is -0.330 e. The van der Waals surface area contributed by atoms with Crippen LogP contribution in [0.25, 0.3) is 0 Å². The lowest BCUT2D eigenvalue weighted by Crippen LogP contribution is -2.20. The SMILES string of the molecule is CC1(C)C(CNCCCCCN)C1(C)C. The molecule has 2 heteroatoms. The molecule has 0 radical (unpaired) electrons. The highest BCUT2D eigenvalue weighted by Gasteiger charge is 2.63. The van der Waals surface area contributed by atoms with Gasteiger partial charge in [-0.1, -0.05) is 34.1 Å². The second-order valence-electron chi connectivity index (χ2n) is 6.05. The van der Waals surface area contributed by atoms with E-state index in [0.717, 1.165) is 19.0 Å². The lowest BCUT2D eigenvalue weighted by atomic mass is 10.0. The summed E-state index contributed by atoms with van der Waals surface area (Å²) in [5.41, 5.74) is 6.50. The number of unbranched alkanes of at least 4 members (excludes halogenated alkanes) is 2. The summed E-state index contributed by atoms with van der Waals surface area (Å²) in [4.78, 5) is 0. The summed E-state index contributed by atoms with van der Waals surface area (Å²) in [6.45, 7) is 12.7. The Kier molecular flexibility index (Phi) is 4.19. The molecule has 3 N–H and O–H groups in total. The Morgan fingerprint density at radius 3 is 2.07 bits per heavy atom. The predicted octanol–water partition coefficient (Wildman–Crippen LogP) is 2.39. The molecule has 0 aromatic rings. The molecule has 0 amide bonds. The molecule has 0 aromatic carbocycles. The lowest BCUT2D eigenvalue weighted by molar-refractivity contribution is 0.457. The molecule has 1 aliphatic carbocycles. The Balaban J connectivity index is 2.03. The van der Waals surface area contributed by atoms with Gasteiger partial charge < -0.3 is 11.1 Å². The Hall–Kier alpha value is -0.0800. The first-order valence-corrected chi connectivity index (χ1v) is 6.35. The van der Waals surface area contributed by atoms with E-state index in [2.05, 4.69) is 33.0 Å². The van der Waals surface area contributed by atoms with Gasteiger partial charge in [-0.3, -0.25) is 0 Å². The van der Waals surface area contributed by atoms with Crippen molar-refractivity contribution in [2.75, 3.05) is 19.6 Å². The van der Waals surface area contributed by atoms with E-state index in [1.54, 1.807) is 0 Å². The van der Waals surface area contributed by atoms with Crippen molar-refractivity contribution in [3.05, 3.63) is 0 Å². The molecule has 2 nitrogen and oxygen atoms in total. The maximum Gasteiger partial charge on any atom is -0.000989 e. The molecule has 0 atom stereocenters. The molecule has 0 saturated heterocycles. The molecule has 0 aliphatic heterocycles. The normalized spacial score (nSPS) is 23.0. The molecule has 90 valence electrons. The first-order chi connectivity index (χ1) is 6.94. The van der Waals surface area contributed by atoms with E-state index in [0.29, 0.717) is 10.8 Å². The number of hydrogen-bond acceptors (Lipinski definition) is 2. The van der Waals surface area contributed by atoms with Crippen LogP contribution in [0.3, 0.4) is 0 Å². The zero-order valence-electron chi connectivity index (χ0n) is 10.9. The minimum atomic E-state index is 0.525. The van der Waals surface area contributed by atoms with Gasteiger partial charge in [0.05, 0.1) is 0 Å². The molecule has 1 rings (SSSR count). The van der Waals surface area contributed by atoms with Crippen molar-refractivity contribution in [3.8, 4) is 0 Å². The maximum atomic E-state index is 5.45. The summed E-state index contributed by atoms with van der Waals surface area (Å²) in [7, 11) is 0. The highest BCUT2D eigenvalue weighted by molar-refractivity contribution is 5.12. The van der Waals surface area contributed by atoms with Crippen LogP contribution in [0, 0.1) is 16.7 Å². The van der Waals surface area contributed by atoms with Crippen LogP contribution in [0.15, 0.2) is 0 Å². The first-order valence-electron chi connectivity index (χ1n) is 6.35. The van der Waals surface area contributed by atoms with Crippen molar-refractivity contribution in [3.63, 3.8) is 0 Å². The van der Waals surface area contributed by atoms with Crippen molar-refractivity contribution in [2.45, 2.75) is 47.0 Å². The van der Waals surface area contributed by atoms with Crippen LogP contribution in [0.4, 0.5) is 0 Å². The van der Waals surface area contributed by atoms with Crippen LogP contribution < -0.4 is 11.1 Å². The summed E-state index contributed by atoms with van der Waals surface area (Å²) in [5.74, 6) is 0.847.